The van der Waals surface area contributed by atoms with Gasteiger partial charge in [0.25, 0.3) is 0 Å². The Morgan fingerprint density at radius 3 is 2.21 bits per heavy atom. The van der Waals surface area contributed by atoms with E-state index in [-0.39, 0.29) is 6.42 Å². The van der Waals surface area contributed by atoms with Crippen molar-refractivity contribution >= 4 is 22.3 Å². The first-order valence-electron chi connectivity index (χ1n) is 3.39. The smallest absolute Gasteiger partial charge is 0.398 e. The minimum atomic E-state index is -4.85. The van der Waals surface area contributed by atoms with Crippen molar-refractivity contribution in [2.45, 2.75) is 18.9 Å². The highest BCUT2D eigenvalue weighted by atomic mass is 32.3. The van der Waals surface area contributed by atoms with E-state index in [1.807, 2.05) is 0 Å². The van der Waals surface area contributed by atoms with E-state index in [0.29, 0.717) is 0 Å². The summed E-state index contributed by atoms with van der Waals surface area (Å²) in [4.78, 5) is 20.6. The molecule has 0 saturated carbocycles. The van der Waals surface area contributed by atoms with Crippen LogP contribution in [-0.4, -0.2) is 36.1 Å². The molecule has 0 heterocycles. The number of primary amides is 1. The van der Waals surface area contributed by atoms with Crippen LogP contribution in [0.3, 0.4) is 0 Å². The van der Waals surface area contributed by atoms with Crippen molar-refractivity contribution in [1.82, 2.24) is 0 Å². The molecule has 14 heavy (non-hydrogen) atoms. The highest BCUT2D eigenvalue weighted by Gasteiger charge is 2.24. The van der Waals surface area contributed by atoms with Crippen LogP contribution in [0.5, 0.6) is 0 Å². The van der Waals surface area contributed by atoms with Gasteiger partial charge < -0.3 is 10.8 Å². The number of amides is 1. The third kappa shape index (κ3) is 6.34. The van der Waals surface area contributed by atoms with Crippen molar-refractivity contribution in [2.24, 2.45) is 5.73 Å². The fourth-order valence-corrected chi connectivity index (χ4v) is 1.10. The molecule has 1 atom stereocenters. The highest BCUT2D eigenvalue weighted by Crippen LogP contribution is 2.05. The summed E-state index contributed by atoms with van der Waals surface area (Å²) in [5, 5.41) is 8.40. The predicted octanol–water partition coefficient (Wildman–Crippen LogP) is -1.48. The number of aliphatic carboxylic acids is 1. The fourth-order valence-electron chi connectivity index (χ4n) is 0.633. The first-order valence-corrected chi connectivity index (χ1v) is 4.75. The Morgan fingerprint density at radius 2 is 1.93 bits per heavy atom. The van der Waals surface area contributed by atoms with Crippen molar-refractivity contribution in [1.29, 1.82) is 0 Å². The first-order chi connectivity index (χ1) is 6.22. The number of carbonyl (C=O) groups excluding carboxylic acids is 1. The van der Waals surface area contributed by atoms with E-state index in [1.54, 1.807) is 0 Å². The van der Waals surface area contributed by atoms with Crippen molar-refractivity contribution in [3.8, 4) is 0 Å². The monoisotopic (exact) mass is 227 g/mol. The molecule has 0 bridgehead atoms. The van der Waals surface area contributed by atoms with E-state index in [1.165, 1.54) is 0 Å². The summed E-state index contributed by atoms with van der Waals surface area (Å²) < 4.78 is 32.2. The second-order valence-corrected chi connectivity index (χ2v) is 3.40. The number of carboxylic acid groups (broad SMARTS) is 1. The zero-order chi connectivity index (χ0) is 11.4. The maximum absolute atomic E-state index is 10.3. The number of carbonyl (C=O) groups is 2. The van der Waals surface area contributed by atoms with Crippen molar-refractivity contribution in [2.75, 3.05) is 0 Å². The Balaban J connectivity index is 4.32. The van der Waals surface area contributed by atoms with Gasteiger partial charge in [0.05, 0.1) is 0 Å². The molecule has 0 fully saturated rings. The van der Waals surface area contributed by atoms with Crippen molar-refractivity contribution in [3.63, 3.8) is 0 Å². The van der Waals surface area contributed by atoms with Gasteiger partial charge in [0.1, 0.15) is 0 Å². The average molecular weight is 227 g/mol. The van der Waals surface area contributed by atoms with Crippen LogP contribution in [-0.2, 0) is 24.2 Å². The number of nitrogens with two attached hydrogens (primary N) is 1. The van der Waals surface area contributed by atoms with Gasteiger partial charge in [0, 0.05) is 6.42 Å². The lowest BCUT2D eigenvalue weighted by molar-refractivity contribution is -0.145. The molecule has 0 aliphatic rings. The van der Waals surface area contributed by atoms with E-state index in [2.05, 4.69) is 4.18 Å². The van der Waals surface area contributed by atoms with Crippen LogP contribution < -0.4 is 5.73 Å². The van der Waals surface area contributed by atoms with Crippen LogP contribution >= 0.6 is 0 Å². The van der Waals surface area contributed by atoms with E-state index >= 15 is 0 Å². The summed E-state index contributed by atoms with van der Waals surface area (Å²) >= 11 is 0. The Morgan fingerprint density at radius 1 is 1.43 bits per heavy atom. The van der Waals surface area contributed by atoms with Gasteiger partial charge in [-0.3, -0.25) is 9.35 Å². The number of rotatable bonds is 6. The van der Waals surface area contributed by atoms with Crippen LogP contribution in [0.2, 0.25) is 0 Å². The van der Waals surface area contributed by atoms with Crippen LogP contribution in [0, 0.1) is 0 Å². The van der Waals surface area contributed by atoms with E-state index < -0.39 is 34.8 Å². The molecule has 0 aromatic heterocycles. The van der Waals surface area contributed by atoms with Crippen molar-refractivity contribution < 1.29 is 31.8 Å². The number of hydrogen-bond donors (Lipinski definition) is 3. The van der Waals surface area contributed by atoms with Gasteiger partial charge in [-0.1, -0.05) is 0 Å². The summed E-state index contributed by atoms with van der Waals surface area (Å²) in [6, 6.07) is 0. The predicted molar refractivity (Wildman–Crippen MR) is 42.5 cm³/mol. The molecule has 0 aliphatic heterocycles. The second kappa shape index (κ2) is 4.88. The molecule has 0 aromatic rings. The zero-order valence-corrected chi connectivity index (χ0v) is 7.73. The lowest BCUT2D eigenvalue weighted by Gasteiger charge is -2.08. The molecule has 0 aromatic carbocycles. The lowest BCUT2D eigenvalue weighted by Crippen LogP contribution is -2.28. The Kier molecular flexibility index (Phi) is 4.47. The first kappa shape index (κ1) is 12.8. The van der Waals surface area contributed by atoms with E-state index in [4.69, 9.17) is 15.4 Å². The minimum Gasteiger partial charge on any atom is -0.479 e. The Hall–Kier alpha value is -1.19. The molecular weight excluding hydrogens is 218 g/mol. The summed E-state index contributed by atoms with van der Waals surface area (Å²) in [7, 11) is -4.85. The molecule has 82 valence electrons. The molecule has 9 heteroatoms. The second-order valence-electron chi connectivity index (χ2n) is 2.36. The van der Waals surface area contributed by atoms with Crippen LogP contribution in [0.15, 0.2) is 0 Å². The van der Waals surface area contributed by atoms with Gasteiger partial charge in [0.15, 0.2) is 6.10 Å². The van der Waals surface area contributed by atoms with E-state index in [0.717, 1.165) is 0 Å². The zero-order valence-electron chi connectivity index (χ0n) is 6.91. The molecule has 0 saturated heterocycles. The summed E-state index contributed by atoms with van der Waals surface area (Å²) in [5.41, 5.74) is 4.71. The van der Waals surface area contributed by atoms with E-state index in [9.17, 15) is 18.0 Å². The van der Waals surface area contributed by atoms with Gasteiger partial charge in [-0.2, -0.15) is 8.42 Å². The van der Waals surface area contributed by atoms with Crippen LogP contribution in [0.1, 0.15) is 12.8 Å². The maximum Gasteiger partial charge on any atom is 0.398 e. The fraction of sp³-hybridized carbons (Fsp3) is 0.600. The maximum atomic E-state index is 10.3. The van der Waals surface area contributed by atoms with Gasteiger partial charge in [-0.15, -0.1) is 0 Å². The Bertz CT molecular complexity index is 321. The normalized spacial score (nSPS) is 13.5. The SMILES string of the molecule is NC(=O)CC[C@H](OS(=O)(=O)O)C(=O)O. The third-order valence-electron chi connectivity index (χ3n) is 1.17. The summed E-state index contributed by atoms with van der Waals surface area (Å²) in [5.74, 6) is -2.40. The molecule has 0 spiro atoms. The standard InChI is InChI=1S/C5H9NO7S/c6-4(7)2-1-3(5(8)9)13-14(10,11)12/h3H,1-2H2,(H2,6,7)(H,8,9)(H,10,11,12)/t3-/m0/s1. The molecule has 4 N–H and O–H groups in total. The average Bonchev–Trinajstić information content (AvgIpc) is 1.94. The van der Waals surface area contributed by atoms with Crippen LogP contribution in [0.4, 0.5) is 0 Å². The largest absolute Gasteiger partial charge is 0.479 e. The molecule has 1 amide bonds. The number of carboxylic acids is 1. The van der Waals surface area contributed by atoms with Gasteiger partial charge >= 0.3 is 16.4 Å². The third-order valence-corrected chi connectivity index (χ3v) is 1.64. The molecular formula is C5H9NO7S. The summed E-state index contributed by atoms with van der Waals surface area (Å²) in [6.45, 7) is 0. The van der Waals surface area contributed by atoms with Gasteiger partial charge in [-0.05, 0) is 6.42 Å². The lowest BCUT2D eigenvalue weighted by atomic mass is 10.2. The van der Waals surface area contributed by atoms with Crippen LogP contribution in [0.25, 0.3) is 0 Å². The highest BCUT2D eigenvalue weighted by molar-refractivity contribution is 7.80. The molecule has 0 aliphatic carbocycles. The molecule has 8 nitrogen and oxygen atoms in total. The summed E-state index contributed by atoms with van der Waals surface area (Å²) in [6.07, 6.45) is -2.59. The number of hydrogen-bond acceptors (Lipinski definition) is 5. The molecule has 0 rings (SSSR count). The van der Waals surface area contributed by atoms with Gasteiger partial charge in [0.2, 0.25) is 5.91 Å². The van der Waals surface area contributed by atoms with Gasteiger partial charge in [-0.25, -0.2) is 8.98 Å². The minimum absolute atomic E-state index is 0.355. The Labute approximate surface area is 79.6 Å². The molecule has 0 unspecified atom stereocenters. The molecule has 0 radical (unpaired) electrons. The van der Waals surface area contributed by atoms with Crippen molar-refractivity contribution in [3.05, 3.63) is 0 Å². The topological polar surface area (TPSA) is 144 Å². The quantitative estimate of drug-likeness (QED) is 0.469.